The molecule has 1 aliphatic heterocycles. The molecule has 2 saturated carbocycles. The minimum atomic E-state index is -0.345. The maximum absolute atomic E-state index is 13.6. The minimum Gasteiger partial charge on any atom is -0.352 e. The second-order valence-corrected chi connectivity index (χ2v) is 10.2. The van der Waals surface area contributed by atoms with Crippen molar-refractivity contribution < 1.29 is 9.59 Å². The van der Waals surface area contributed by atoms with Gasteiger partial charge in [0.25, 0.3) is 5.91 Å². The van der Waals surface area contributed by atoms with E-state index in [0.29, 0.717) is 11.5 Å². The molecular weight excluding hydrogens is 380 g/mol. The van der Waals surface area contributed by atoms with Crippen LogP contribution in [0.15, 0.2) is 24.3 Å². The Kier molecular flexibility index (Phi) is 6.84. The predicted molar refractivity (Wildman–Crippen MR) is 119 cm³/mol. The highest BCUT2D eigenvalue weighted by Gasteiger charge is 2.45. The highest BCUT2D eigenvalue weighted by atomic mass is 32.2. The monoisotopic (exact) mass is 414 g/mol. The number of benzene rings is 1. The van der Waals surface area contributed by atoms with E-state index in [1.807, 2.05) is 47.9 Å². The lowest BCUT2D eigenvalue weighted by molar-refractivity contribution is -0.126. The van der Waals surface area contributed by atoms with E-state index >= 15 is 0 Å². The Labute approximate surface area is 179 Å². The molecule has 4 nitrogen and oxygen atoms in total. The van der Waals surface area contributed by atoms with Gasteiger partial charge in [-0.1, -0.05) is 56.2 Å². The summed E-state index contributed by atoms with van der Waals surface area (Å²) in [7, 11) is 0. The molecule has 5 heteroatoms. The van der Waals surface area contributed by atoms with Crippen molar-refractivity contribution in [3.8, 4) is 0 Å². The van der Waals surface area contributed by atoms with E-state index in [9.17, 15) is 9.59 Å². The van der Waals surface area contributed by atoms with Crippen LogP contribution in [0.2, 0.25) is 0 Å². The van der Waals surface area contributed by atoms with Gasteiger partial charge in [0.1, 0.15) is 6.04 Å². The highest BCUT2D eigenvalue weighted by Crippen LogP contribution is 2.41. The predicted octanol–water partition coefficient (Wildman–Crippen LogP) is 4.91. The van der Waals surface area contributed by atoms with Gasteiger partial charge in [-0.25, -0.2) is 0 Å². The Hall–Kier alpha value is -1.49. The lowest BCUT2D eigenvalue weighted by Crippen LogP contribution is -2.53. The second-order valence-electron chi connectivity index (χ2n) is 9.06. The average molecular weight is 415 g/mol. The molecule has 2 atom stereocenters. The van der Waals surface area contributed by atoms with E-state index in [2.05, 4.69) is 5.32 Å². The maximum atomic E-state index is 13.6. The molecule has 0 spiro atoms. The first kappa shape index (κ1) is 20.8. The van der Waals surface area contributed by atoms with Crippen LogP contribution in [-0.4, -0.2) is 39.9 Å². The molecule has 1 aromatic carbocycles. The number of nitrogens with zero attached hydrogens (tertiary/aromatic N) is 1. The van der Waals surface area contributed by atoms with Gasteiger partial charge in [-0.15, -0.1) is 11.8 Å². The van der Waals surface area contributed by atoms with Crippen molar-refractivity contribution in [3.05, 3.63) is 35.4 Å². The van der Waals surface area contributed by atoms with E-state index in [1.54, 1.807) is 0 Å². The summed E-state index contributed by atoms with van der Waals surface area (Å²) in [5, 5.41) is 3.41. The zero-order valence-electron chi connectivity index (χ0n) is 17.6. The molecule has 1 heterocycles. The number of carbonyl (C=O) groups is 2. The van der Waals surface area contributed by atoms with Crippen LogP contribution < -0.4 is 5.32 Å². The van der Waals surface area contributed by atoms with Gasteiger partial charge in [-0.05, 0) is 50.7 Å². The van der Waals surface area contributed by atoms with Gasteiger partial charge in [-0.3, -0.25) is 9.59 Å². The van der Waals surface area contributed by atoms with Gasteiger partial charge in [0.15, 0.2) is 0 Å². The first-order valence-electron chi connectivity index (χ1n) is 11.4. The molecule has 0 radical (unpaired) electrons. The number of nitrogens with one attached hydrogen (secondary N) is 1. The fraction of sp³-hybridized carbons (Fsp3) is 0.667. The van der Waals surface area contributed by atoms with Crippen molar-refractivity contribution in [2.24, 2.45) is 5.92 Å². The van der Waals surface area contributed by atoms with Gasteiger partial charge in [0.2, 0.25) is 5.91 Å². The smallest absolute Gasteiger partial charge is 0.255 e. The fourth-order valence-electron chi connectivity index (χ4n) is 5.16. The number of carbonyl (C=O) groups excluding carboxylic acids is 2. The van der Waals surface area contributed by atoms with Crippen molar-refractivity contribution in [1.82, 2.24) is 10.2 Å². The summed E-state index contributed by atoms with van der Waals surface area (Å²) >= 11 is 1.83. The number of hydrogen-bond donors (Lipinski definition) is 1. The zero-order chi connectivity index (χ0) is 20.2. The Morgan fingerprint density at radius 1 is 0.931 bits per heavy atom. The van der Waals surface area contributed by atoms with Crippen LogP contribution in [0.1, 0.15) is 80.1 Å². The third-order valence-corrected chi connectivity index (χ3v) is 8.34. The molecule has 3 fully saturated rings. The summed E-state index contributed by atoms with van der Waals surface area (Å²) in [6, 6.07) is 7.74. The van der Waals surface area contributed by atoms with Crippen LogP contribution in [0.4, 0.5) is 0 Å². The zero-order valence-corrected chi connectivity index (χ0v) is 18.4. The van der Waals surface area contributed by atoms with Gasteiger partial charge in [-0.2, -0.15) is 0 Å². The topological polar surface area (TPSA) is 49.4 Å². The van der Waals surface area contributed by atoms with Gasteiger partial charge in [0, 0.05) is 17.4 Å². The summed E-state index contributed by atoms with van der Waals surface area (Å²) < 4.78 is 0. The first-order chi connectivity index (χ1) is 14.1. The fourth-order valence-corrected chi connectivity index (χ4v) is 6.80. The maximum Gasteiger partial charge on any atom is 0.255 e. The van der Waals surface area contributed by atoms with Crippen molar-refractivity contribution >= 4 is 23.6 Å². The Morgan fingerprint density at radius 2 is 1.55 bits per heavy atom. The Bertz CT molecular complexity index is 708. The van der Waals surface area contributed by atoms with Gasteiger partial charge in [0.05, 0.1) is 5.37 Å². The van der Waals surface area contributed by atoms with Gasteiger partial charge >= 0.3 is 0 Å². The minimum absolute atomic E-state index is 0.0226. The van der Waals surface area contributed by atoms with Crippen molar-refractivity contribution in [3.63, 3.8) is 0 Å². The Balaban J connectivity index is 1.54. The van der Waals surface area contributed by atoms with Crippen LogP contribution >= 0.6 is 11.8 Å². The second kappa shape index (κ2) is 9.55. The number of rotatable bonds is 4. The molecule has 3 aliphatic rings. The van der Waals surface area contributed by atoms with E-state index in [-0.39, 0.29) is 29.3 Å². The summed E-state index contributed by atoms with van der Waals surface area (Å²) in [5.74, 6) is 1.31. The van der Waals surface area contributed by atoms with E-state index < -0.39 is 0 Å². The molecule has 2 amide bonds. The first-order valence-corrected chi connectivity index (χ1v) is 12.5. The Morgan fingerprint density at radius 3 is 2.21 bits per heavy atom. The molecule has 0 bridgehead atoms. The molecule has 29 heavy (non-hydrogen) atoms. The quantitative estimate of drug-likeness (QED) is 0.762. The van der Waals surface area contributed by atoms with Crippen molar-refractivity contribution in [2.75, 3.05) is 5.75 Å². The number of thioether (sulfide) groups is 1. The summed E-state index contributed by atoms with van der Waals surface area (Å²) in [4.78, 5) is 28.7. The summed E-state index contributed by atoms with van der Waals surface area (Å²) in [5.41, 5.74) is 1.85. The lowest BCUT2D eigenvalue weighted by Gasteiger charge is -2.36. The van der Waals surface area contributed by atoms with Crippen LogP contribution in [0, 0.1) is 12.8 Å². The summed E-state index contributed by atoms with van der Waals surface area (Å²) in [6.45, 7) is 2.03. The van der Waals surface area contributed by atoms with Crippen molar-refractivity contribution in [1.29, 1.82) is 0 Å². The highest BCUT2D eigenvalue weighted by molar-refractivity contribution is 8.00. The molecule has 1 N–H and O–H groups in total. The van der Waals surface area contributed by atoms with Gasteiger partial charge < -0.3 is 10.2 Å². The SMILES string of the molecule is Cc1ccc(C(=O)N2C(C(=O)NC3CCCCC3)CSC2C2CCCCC2)cc1. The van der Waals surface area contributed by atoms with Crippen molar-refractivity contribution in [2.45, 2.75) is 88.6 Å². The van der Waals surface area contributed by atoms with Crippen LogP contribution in [0.3, 0.4) is 0 Å². The number of amides is 2. The molecule has 2 unspecified atom stereocenters. The molecule has 2 aliphatic carbocycles. The van der Waals surface area contributed by atoms with E-state index in [1.165, 1.54) is 51.4 Å². The third kappa shape index (κ3) is 4.82. The molecular formula is C24H34N2O2S. The number of aryl methyl sites for hydroxylation is 1. The molecule has 1 aromatic rings. The molecule has 158 valence electrons. The van der Waals surface area contributed by atoms with Crippen LogP contribution in [0.5, 0.6) is 0 Å². The number of hydrogen-bond acceptors (Lipinski definition) is 3. The van der Waals surface area contributed by atoms with E-state index in [0.717, 1.165) is 24.2 Å². The van der Waals surface area contributed by atoms with E-state index in [4.69, 9.17) is 0 Å². The summed E-state index contributed by atoms with van der Waals surface area (Å²) in [6.07, 6.45) is 11.9. The van der Waals surface area contributed by atoms with Crippen LogP contribution in [0.25, 0.3) is 0 Å². The molecule has 0 aromatic heterocycles. The average Bonchev–Trinajstić information content (AvgIpc) is 3.20. The normalized spacial score (nSPS) is 26.4. The largest absolute Gasteiger partial charge is 0.352 e. The van der Waals surface area contributed by atoms with Crippen LogP contribution in [-0.2, 0) is 4.79 Å². The molecule has 1 saturated heterocycles. The molecule has 4 rings (SSSR count). The standard InChI is InChI=1S/C24H34N2O2S/c1-17-12-14-18(15-13-17)23(28)26-21(22(27)25-20-10-6-3-7-11-20)16-29-24(26)19-8-4-2-5-9-19/h12-15,19-21,24H,2-11,16H2,1H3,(H,25,27). The third-order valence-electron chi connectivity index (χ3n) is 6.88. The lowest BCUT2D eigenvalue weighted by atomic mass is 9.88.